The average molecular weight is 418 g/mol. The Labute approximate surface area is 191 Å². The molecule has 0 unspecified atom stereocenters. The number of hydrogen-bond donors (Lipinski definition) is 0. The van der Waals surface area contributed by atoms with E-state index >= 15 is 0 Å². The molecule has 0 aliphatic carbocycles. The van der Waals surface area contributed by atoms with Crippen LogP contribution in [0.2, 0.25) is 0 Å². The van der Waals surface area contributed by atoms with Crippen molar-refractivity contribution in [3.8, 4) is 5.69 Å². The maximum Gasteiger partial charge on any atom is 0.0546 e. The Morgan fingerprint density at radius 2 is 1.03 bits per heavy atom. The van der Waals surface area contributed by atoms with Crippen LogP contribution in [0.25, 0.3) is 27.5 Å². The molecule has 0 saturated heterocycles. The SMILES string of the molecule is Cc1cc(C)c2c3c(C)cc(C)cc3n(-c3ccc(C(C)(C)c4ccccc4)cc3)c2c1. The van der Waals surface area contributed by atoms with E-state index in [1.165, 1.54) is 60.9 Å². The second kappa shape index (κ2) is 7.38. The van der Waals surface area contributed by atoms with Crippen LogP contribution >= 0.6 is 0 Å². The minimum absolute atomic E-state index is 0.0407. The molecule has 5 rings (SSSR count). The van der Waals surface area contributed by atoms with Gasteiger partial charge in [-0.15, -0.1) is 0 Å². The molecule has 4 aromatic carbocycles. The number of aromatic nitrogens is 1. The lowest BCUT2D eigenvalue weighted by atomic mass is 9.78. The third-order valence-corrected chi connectivity index (χ3v) is 6.99. The molecule has 1 aromatic heterocycles. The van der Waals surface area contributed by atoms with Gasteiger partial charge in [0.05, 0.1) is 11.0 Å². The molecule has 32 heavy (non-hydrogen) atoms. The molecule has 0 atom stereocenters. The Bertz CT molecular complexity index is 1380. The highest BCUT2D eigenvalue weighted by Crippen LogP contribution is 2.38. The summed E-state index contributed by atoms with van der Waals surface area (Å²) in [5, 5.41) is 2.74. The summed E-state index contributed by atoms with van der Waals surface area (Å²) in [5.41, 5.74) is 11.7. The summed E-state index contributed by atoms with van der Waals surface area (Å²) < 4.78 is 2.45. The van der Waals surface area contributed by atoms with Gasteiger partial charge in [-0.25, -0.2) is 0 Å². The fourth-order valence-corrected chi connectivity index (χ4v) is 5.35. The van der Waals surface area contributed by atoms with Crippen molar-refractivity contribution in [2.75, 3.05) is 0 Å². The van der Waals surface area contributed by atoms with E-state index in [1.807, 2.05) is 0 Å². The van der Waals surface area contributed by atoms with E-state index in [9.17, 15) is 0 Å². The van der Waals surface area contributed by atoms with Crippen molar-refractivity contribution in [2.24, 2.45) is 0 Å². The highest BCUT2D eigenvalue weighted by Gasteiger charge is 2.23. The highest BCUT2D eigenvalue weighted by molar-refractivity contribution is 6.12. The lowest BCUT2D eigenvalue weighted by Crippen LogP contribution is -2.18. The van der Waals surface area contributed by atoms with Crippen molar-refractivity contribution in [1.82, 2.24) is 4.57 Å². The van der Waals surface area contributed by atoms with E-state index in [0.29, 0.717) is 0 Å². The topological polar surface area (TPSA) is 4.93 Å². The minimum Gasteiger partial charge on any atom is -0.309 e. The molecule has 0 saturated carbocycles. The fraction of sp³-hybridized carbons (Fsp3) is 0.226. The zero-order valence-corrected chi connectivity index (χ0v) is 20.0. The van der Waals surface area contributed by atoms with Gasteiger partial charge in [-0.1, -0.05) is 68.4 Å². The number of hydrogen-bond acceptors (Lipinski definition) is 0. The summed E-state index contributed by atoms with van der Waals surface area (Å²) in [6.07, 6.45) is 0. The van der Waals surface area contributed by atoms with Crippen molar-refractivity contribution >= 4 is 21.8 Å². The lowest BCUT2D eigenvalue weighted by molar-refractivity contribution is 0.641. The summed E-state index contributed by atoms with van der Waals surface area (Å²) >= 11 is 0. The summed E-state index contributed by atoms with van der Waals surface area (Å²) in [7, 11) is 0. The van der Waals surface area contributed by atoms with Crippen LogP contribution in [0.5, 0.6) is 0 Å². The molecule has 160 valence electrons. The number of nitrogens with zero attached hydrogens (tertiary/aromatic N) is 1. The molecule has 0 aliphatic rings. The van der Waals surface area contributed by atoms with Gasteiger partial charge in [-0.3, -0.25) is 0 Å². The molecule has 0 bridgehead atoms. The van der Waals surface area contributed by atoms with E-state index in [-0.39, 0.29) is 5.41 Å². The van der Waals surface area contributed by atoms with Crippen molar-refractivity contribution in [2.45, 2.75) is 47.0 Å². The predicted octanol–water partition coefficient (Wildman–Crippen LogP) is 8.34. The van der Waals surface area contributed by atoms with E-state index in [2.05, 4.69) is 125 Å². The predicted molar refractivity (Wildman–Crippen MR) is 138 cm³/mol. The van der Waals surface area contributed by atoms with Gasteiger partial charge >= 0.3 is 0 Å². The van der Waals surface area contributed by atoms with Crippen molar-refractivity contribution < 1.29 is 0 Å². The molecule has 5 aromatic rings. The van der Waals surface area contributed by atoms with Crippen LogP contribution in [0.15, 0.2) is 78.9 Å². The van der Waals surface area contributed by atoms with Gasteiger partial charge in [0.2, 0.25) is 0 Å². The van der Waals surface area contributed by atoms with Gasteiger partial charge in [0.25, 0.3) is 0 Å². The van der Waals surface area contributed by atoms with E-state index in [0.717, 1.165) is 0 Å². The van der Waals surface area contributed by atoms with Gasteiger partial charge in [0.15, 0.2) is 0 Å². The molecule has 1 nitrogen and oxygen atoms in total. The van der Waals surface area contributed by atoms with Crippen LogP contribution in [0.4, 0.5) is 0 Å². The zero-order valence-electron chi connectivity index (χ0n) is 20.0. The summed E-state index contributed by atoms with van der Waals surface area (Å²) in [6, 6.07) is 29.2. The molecule has 0 N–H and O–H groups in total. The monoisotopic (exact) mass is 417 g/mol. The van der Waals surface area contributed by atoms with Crippen molar-refractivity contribution in [3.63, 3.8) is 0 Å². The molecule has 1 heterocycles. The first-order valence-electron chi connectivity index (χ1n) is 11.5. The van der Waals surface area contributed by atoms with E-state index < -0.39 is 0 Å². The summed E-state index contributed by atoms with van der Waals surface area (Å²) in [6.45, 7) is 13.5. The lowest BCUT2D eigenvalue weighted by Gasteiger charge is -2.26. The van der Waals surface area contributed by atoms with Gasteiger partial charge in [-0.05, 0) is 85.3 Å². The second-order valence-electron chi connectivity index (χ2n) is 9.83. The summed E-state index contributed by atoms with van der Waals surface area (Å²) in [4.78, 5) is 0. The third-order valence-electron chi connectivity index (χ3n) is 6.99. The number of fused-ring (bicyclic) bond motifs is 3. The highest BCUT2D eigenvalue weighted by atomic mass is 15.0. The van der Waals surface area contributed by atoms with Crippen LogP contribution in [0, 0.1) is 27.7 Å². The number of aryl methyl sites for hydroxylation is 4. The van der Waals surface area contributed by atoms with Gasteiger partial charge in [0, 0.05) is 21.9 Å². The fourth-order valence-electron chi connectivity index (χ4n) is 5.35. The quantitative estimate of drug-likeness (QED) is 0.278. The van der Waals surface area contributed by atoms with Crippen LogP contribution in [-0.2, 0) is 5.41 Å². The minimum atomic E-state index is -0.0407. The molecular weight excluding hydrogens is 386 g/mol. The van der Waals surface area contributed by atoms with Gasteiger partial charge in [-0.2, -0.15) is 0 Å². The Morgan fingerprint density at radius 1 is 0.562 bits per heavy atom. The molecule has 0 aliphatic heterocycles. The second-order valence-corrected chi connectivity index (χ2v) is 9.83. The van der Waals surface area contributed by atoms with E-state index in [4.69, 9.17) is 0 Å². The van der Waals surface area contributed by atoms with Crippen LogP contribution < -0.4 is 0 Å². The molecule has 0 amide bonds. The molecule has 0 radical (unpaired) electrons. The molecule has 0 spiro atoms. The van der Waals surface area contributed by atoms with E-state index in [1.54, 1.807) is 0 Å². The zero-order chi connectivity index (χ0) is 22.6. The third kappa shape index (κ3) is 3.15. The number of benzene rings is 4. The van der Waals surface area contributed by atoms with Crippen LogP contribution in [0.3, 0.4) is 0 Å². The Morgan fingerprint density at radius 3 is 1.53 bits per heavy atom. The maximum absolute atomic E-state index is 2.45. The van der Waals surface area contributed by atoms with Gasteiger partial charge < -0.3 is 4.57 Å². The summed E-state index contributed by atoms with van der Waals surface area (Å²) in [5.74, 6) is 0. The normalized spacial score (nSPS) is 12.1. The smallest absolute Gasteiger partial charge is 0.0546 e. The first-order chi connectivity index (χ1) is 15.3. The Balaban J connectivity index is 1.75. The molecule has 0 fully saturated rings. The largest absolute Gasteiger partial charge is 0.309 e. The maximum atomic E-state index is 2.45. The average Bonchev–Trinajstić information content (AvgIpc) is 3.08. The standard InChI is InChI=1S/C31H31N/c1-20-16-22(3)29-27(18-20)32(28-19-21(2)17-23(4)30(28)29)26-14-12-25(13-15-26)31(5,6)24-10-8-7-9-11-24/h7-19H,1-6H3. The van der Waals surface area contributed by atoms with Gasteiger partial charge in [0.1, 0.15) is 0 Å². The first kappa shape index (κ1) is 20.6. The Hall–Kier alpha value is -3.32. The van der Waals surface area contributed by atoms with Crippen LogP contribution in [-0.4, -0.2) is 4.57 Å². The molecule has 1 heteroatoms. The van der Waals surface area contributed by atoms with Crippen molar-refractivity contribution in [1.29, 1.82) is 0 Å². The first-order valence-corrected chi connectivity index (χ1v) is 11.5. The number of rotatable bonds is 3. The Kier molecular flexibility index (Phi) is 4.74. The molecular formula is C31H31N. The van der Waals surface area contributed by atoms with Crippen molar-refractivity contribution in [3.05, 3.63) is 112 Å². The van der Waals surface area contributed by atoms with Crippen LogP contribution in [0.1, 0.15) is 47.2 Å².